The molecule has 1 aromatic carbocycles. The summed E-state index contributed by atoms with van der Waals surface area (Å²) >= 11 is 0. The molecule has 1 N–H and O–H groups in total. The number of nitrogens with zero attached hydrogens (tertiary/aromatic N) is 4. The molecule has 0 saturated heterocycles. The summed E-state index contributed by atoms with van der Waals surface area (Å²) in [6.07, 6.45) is 6.15. The summed E-state index contributed by atoms with van der Waals surface area (Å²) < 4.78 is 6.13. The lowest BCUT2D eigenvalue weighted by Crippen LogP contribution is -2.37. The van der Waals surface area contributed by atoms with Crippen LogP contribution in [-0.2, 0) is 6.42 Å². The minimum Gasteiger partial charge on any atom is -0.458 e. The van der Waals surface area contributed by atoms with Crippen molar-refractivity contribution in [1.82, 2.24) is 19.9 Å². The maximum Gasteiger partial charge on any atom is 0.226 e. The molecule has 6 nitrogen and oxygen atoms in total. The summed E-state index contributed by atoms with van der Waals surface area (Å²) in [5, 5.41) is 1.09. The Bertz CT molecular complexity index is 958. The molecule has 5 rings (SSSR count). The number of H-pyrrole nitrogens is 1. The monoisotopic (exact) mass is 317 g/mol. The molecule has 1 aliphatic rings. The number of fused-ring (bicyclic) bond motifs is 2. The quantitative estimate of drug-likeness (QED) is 0.615. The fourth-order valence-corrected chi connectivity index (χ4v) is 3.36. The number of rotatable bonds is 2. The summed E-state index contributed by atoms with van der Waals surface area (Å²) in [5.74, 6) is 1.55. The van der Waals surface area contributed by atoms with Crippen molar-refractivity contribution < 1.29 is 4.42 Å². The SMILES string of the molecule is c1cnc(N2CCc3[nH]cnc3[C@H]2c2cc3ccccc3o2)nc1. The number of nitrogens with one attached hydrogen (secondary N) is 1. The molecular weight excluding hydrogens is 302 g/mol. The second-order valence-electron chi connectivity index (χ2n) is 5.85. The number of benzene rings is 1. The van der Waals surface area contributed by atoms with Crippen molar-refractivity contribution in [1.29, 1.82) is 0 Å². The Morgan fingerprint density at radius 1 is 1.08 bits per heavy atom. The number of para-hydroxylation sites is 1. The third-order valence-electron chi connectivity index (χ3n) is 4.45. The van der Waals surface area contributed by atoms with E-state index in [1.807, 2.05) is 24.3 Å². The van der Waals surface area contributed by atoms with Gasteiger partial charge in [-0.25, -0.2) is 15.0 Å². The van der Waals surface area contributed by atoms with Crippen molar-refractivity contribution in [3.8, 4) is 0 Å². The molecule has 3 aromatic heterocycles. The third kappa shape index (κ3) is 2.00. The molecule has 0 saturated carbocycles. The fourth-order valence-electron chi connectivity index (χ4n) is 3.36. The minimum atomic E-state index is -0.130. The number of aromatic nitrogens is 4. The summed E-state index contributed by atoms with van der Waals surface area (Å²) in [7, 11) is 0. The van der Waals surface area contributed by atoms with Gasteiger partial charge >= 0.3 is 0 Å². The van der Waals surface area contributed by atoms with E-state index in [0.717, 1.165) is 41.1 Å². The van der Waals surface area contributed by atoms with Crippen LogP contribution >= 0.6 is 0 Å². The average molecular weight is 317 g/mol. The topological polar surface area (TPSA) is 70.8 Å². The van der Waals surface area contributed by atoms with E-state index in [0.29, 0.717) is 5.95 Å². The molecule has 0 spiro atoms. The van der Waals surface area contributed by atoms with Gasteiger partial charge < -0.3 is 14.3 Å². The van der Waals surface area contributed by atoms with Crippen molar-refractivity contribution in [3.05, 3.63) is 72.3 Å². The summed E-state index contributed by atoms with van der Waals surface area (Å²) in [5.41, 5.74) is 3.00. The van der Waals surface area contributed by atoms with Crippen LogP contribution in [0.1, 0.15) is 23.2 Å². The number of furan rings is 1. The first kappa shape index (κ1) is 13.3. The van der Waals surface area contributed by atoms with Gasteiger partial charge in [0.1, 0.15) is 17.4 Å². The lowest BCUT2D eigenvalue weighted by atomic mass is 10.0. The molecule has 0 amide bonds. The maximum atomic E-state index is 6.13. The van der Waals surface area contributed by atoms with Crippen LogP contribution in [0.2, 0.25) is 0 Å². The molecule has 4 aromatic rings. The molecule has 118 valence electrons. The summed E-state index contributed by atoms with van der Waals surface area (Å²) in [6, 6.07) is 11.8. The second kappa shape index (κ2) is 5.19. The van der Waals surface area contributed by atoms with Crippen LogP contribution in [0.25, 0.3) is 11.0 Å². The first-order valence-corrected chi connectivity index (χ1v) is 7.94. The van der Waals surface area contributed by atoms with E-state index in [2.05, 4.69) is 37.0 Å². The van der Waals surface area contributed by atoms with Crippen LogP contribution in [-0.4, -0.2) is 26.5 Å². The van der Waals surface area contributed by atoms with Gasteiger partial charge in [0.25, 0.3) is 0 Å². The second-order valence-corrected chi connectivity index (χ2v) is 5.85. The molecule has 4 heterocycles. The van der Waals surface area contributed by atoms with Crippen LogP contribution < -0.4 is 4.90 Å². The Labute approximate surface area is 138 Å². The summed E-state index contributed by atoms with van der Waals surface area (Å²) in [4.78, 5) is 18.8. The van der Waals surface area contributed by atoms with Crippen molar-refractivity contribution in [3.63, 3.8) is 0 Å². The number of anilines is 1. The number of hydrogen-bond donors (Lipinski definition) is 1. The van der Waals surface area contributed by atoms with E-state index in [1.165, 1.54) is 0 Å². The normalized spacial score (nSPS) is 17.2. The zero-order chi connectivity index (χ0) is 15.9. The van der Waals surface area contributed by atoms with E-state index < -0.39 is 0 Å². The zero-order valence-corrected chi connectivity index (χ0v) is 12.9. The lowest BCUT2D eigenvalue weighted by molar-refractivity contribution is 0.483. The Kier molecular flexibility index (Phi) is 2.88. The highest BCUT2D eigenvalue weighted by Crippen LogP contribution is 2.37. The molecule has 6 heteroatoms. The Morgan fingerprint density at radius 3 is 2.83 bits per heavy atom. The molecule has 1 aliphatic heterocycles. The Balaban J connectivity index is 1.68. The molecule has 0 fully saturated rings. The van der Waals surface area contributed by atoms with Gasteiger partial charge in [-0.05, 0) is 18.2 Å². The molecule has 24 heavy (non-hydrogen) atoms. The first-order chi connectivity index (χ1) is 11.9. The molecule has 1 atom stereocenters. The Morgan fingerprint density at radius 2 is 1.96 bits per heavy atom. The largest absolute Gasteiger partial charge is 0.458 e. The van der Waals surface area contributed by atoms with Gasteiger partial charge in [-0.1, -0.05) is 18.2 Å². The molecular formula is C18H15N5O. The van der Waals surface area contributed by atoms with E-state index in [4.69, 9.17) is 4.42 Å². The average Bonchev–Trinajstić information content (AvgIpc) is 3.28. The predicted octanol–water partition coefficient (Wildman–Crippen LogP) is 3.10. The van der Waals surface area contributed by atoms with Gasteiger partial charge in [0.2, 0.25) is 5.95 Å². The zero-order valence-electron chi connectivity index (χ0n) is 12.9. The van der Waals surface area contributed by atoms with Crippen molar-refractivity contribution in [2.24, 2.45) is 0 Å². The van der Waals surface area contributed by atoms with Gasteiger partial charge in [0, 0.05) is 36.4 Å². The lowest BCUT2D eigenvalue weighted by Gasteiger charge is -2.33. The van der Waals surface area contributed by atoms with Gasteiger partial charge in [-0.3, -0.25) is 0 Å². The number of imidazole rings is 1. The van der Waals surface area contributed by atoms with Gasteiger partial charge in [-0.15, -0.1) is 0 Å². The highest BCUT2D eigenvalue weighted by Gasteiger charge is 2.34. The third-order valence-corrected chi connectivity index (χ3v) is 4.45. The van der Waals surface area contributed by atoms with Gasteiger partial charge in [0.15, 0.2) is 0 Å². The van der Waals surface area contributed by atoms with Crippen LogP contribution in [0.15, 0.2) is 59.5 Å². The van der Waals surface area contributed by atoms with E-state index in [9.17, 15) is 0 Å². The van der Waals surface area contributed by atoms with Crippen molar-refractivity contribution in [2.75, 3.05) is 11.4 Å². The molecule has 0 unspecified atom stereocenters. The Hall–Kier alpha value is -3.15. The van der Waals surface area contributed by atoms with Crippen LogP contribution in [0.3, 0.4) is 0 Å². The molecule has 0 radical (unpaired) electrons. The van der Waals surface area contributed by atoms with Crippen LogP contribution in [0.4, 0.5) is 5.95 Å². The maximum absolute atomic E-state index is 6.13. The van der Waals surface area contributed by atoms with E-state index >= 15 is 0 Å². The van der Waals surface area contributed by atoms with Crippen LogP contribution in [0, 0.1) is 0 Å². The number of aromatic amines is 1. The van der Waals surface area contributed by atoms with Crippen LogP contribution in [0.5, 0.6) is 0 Å². The molecule has 0 aliphatic carbocycles. The highest BCUT2D eigenvalue weighted by atomic mass is 16.3. The fraction of sp³-hybridized carbons (Fsp3) is 0.167. The van der Waals surface area contributed by atoms with E-state index in [-0.39, 0.29) is 6.04 Å². The van der Waals surface area contributed by atoms with Gasteiger partial charge in [0.05, 0.1) is 12.0 Å². The summed E-state index contributed by atoms with van der Waals surface area (Å²) in [6.45, 7) is 0.806. The number of hydrogen-bond acceptors (Lipinski definition) is 5. The van der Waals surface area contributed by atoms with Crippen molar-refractivity contribution >= 4 is 16.9 Å². The molecule has 0 bridgehead atoms. The van der Waals surface area contributed by atoms with Crippen molar-refractivity contribution in [2.45, 2.75) is 12.5 Å². The first-order valence-electron chi connectivity index (χ1n) is 7.94. The predicted molar refractivity (Wildman–Crippen MR) is 89.7 cm³/mol. The van der Waals surface area contributed by atoms with Gasteiger partial charge in [-0.2, -0.15) is 0 Å². The standard InChI is InChI=1S/C18H15N5O/c1-2-5-14-12(4-1)10-15(24-14)17-16-13(21-11-22-16)6-9-23(17)18-19-7-3-8-20-18/h1-5,7-8,10-11,17H,6,9H2,(H,21,22)/t17-/m1/s1. The van der Waals surface area contributed by atoms with E-state index in [1.54, 1.807) is 18.7 Å². The smallest absolute Gasteiger partial charge is 0.226 e. The highest BCUT2D eigenvalue weighted by molar-refractivity contribution is 5.78. The minimum absolute atomic E-state index is 0.130.